The Morgan fingerprint density at radius 1 is 0.439 bits per heavy atom. The van der Waals surface area contributed by atoms with Crippen LogP contribution in [0.3, 0.4) is 0 Å². The lowest BCUT2D eigenvalue weighted by Crippen LogP contribution is -1.88. The minimum absolute atomic E-state index is 0.822. The molecule has 0 fully saturated rings. The molecule has 0 saturated carbocycles. The van der Waals surface area contributed by atoms with E-state index in [2.05, 4.69) is 51.6 Å². The molecule has 41 heavy (non-hydrogen) atoms. The Bertz CT molecular complexity index is 2050. The van der Waals surface area contributed by atoms with E-state index in [1.165, 1.54) is 10.8 Å². The number of furan rings is 2. The third-order valence-electron chi connectivity index (χ3n) is 6.58. The Kier molecular flexibility index (Phi) is 7.70. The average molecular weight is 600 g/mol. The molecule has 0 spiro atoms. The summed E-state index contributed by atoms with van der Waals surface area (Å²) in [7, 11) is 0. The molecule has 3 N–H and O–H groups in total. The fourth-order valence-electron chi connectivity index (χ4n) is 4.64. The lowest BCUT2D eigenvalue weighted by Gasteiger charge is -2.05. The number of hydrogen-bond acceptors (Lipinski definition) is 4. The maximum Gasteiger partial charge on any atom is 0.137 e. The summed E-state index contributed by atoms with van der Waals surface area (Å²) in [5.41, 5.74) is 12.0. The maximum absolute atomic E-state index is 5.89. The monoisotopic (exact) mass is 598 g/mol. The molecule has 0 atom stereocenters. The van der Waals surface area contributed by atoms with Gasteiger partial charge in [0.2, 0.25) is 0 Å². The SMILES string of the molecule is Brc1ccc2c(c1)oc1ccccc12.Nc1ccccc1.c1ccc(Nc2ccc3c(c2)oc2ccccc23)cc1. The van der Waals surface area contributed by atoms with Crippen LogP contribution < -0.4 is 11.1 Å². The first-order valence-corrected chi connectivity index (χ1v) is 14.0. The Hall–Kier alpha value is -5.00. The zero-order valence-corrected chi connectivity index (χ0v) is 23.7. The average Bonchev–Trinajstić information content (AvgIpc) is 3.56. The van der Waals surface area contributed by atoms with Gasteiger partial charge in [0.1, 0.15) is 22.3 Å². The van der Waals surface area contributed by atoms with Crippen molar-refractivity contribution < 1.29 is 8.83 Å². The van der Waals surface area contributed by atoms with Crippen molar-refractivity contribution in [1.82, 2.24) is 0 Å². The number of benzene rings is 6. The molecule has 8 aromatic rings. The Morgan fingerprint density at radius 3 is 1.51 bits per heavy atom. The van der Waals surface area contributed by atoms with E-state index < -0.39 is 0 Å². The normalized spacial score (nSPS) is 10.7. The maximum atomic E-state index is 5.89. The van der Waals surface area contributed by atoms with Crippen molar-refractivity contribution in [3.8, 4) is 0 Å². The van der Waals surface area contributed by atoms with Gasteiger partial charge in [-0.1, -0.05) is 88.7 Å². The number of nitrogens with two attached hydrogens (primary N) is 1. The van der Waals surface area contributed by atoms with E-state index in [0.29, 0.717) is 0 Å². The van der Waals surface area contributed by atoms with Gasteiger partial charge in [0.15, 0.2) is 0 Å². The Balaban J connectivity index is 0.000000124. The van der Waals surface area contributed by atoms with Crippen LogP contribution in [0.1, 0.15) is 0 Å². The lowest BCUT2D eigenvalue weighted by atomic mass is 10.1. The highest BCUT2D eigenvalue weighted by molar-refractivity contribution is 9.10. The fourth-order valence-corrected chi connectivity index (χ4v) is 4.98. The van der Waals surface area contributed by atoms with E-state index in [0.717, 1.165) is 54.6 Å². The quantitative estimate of drug-likeness (QED) is 0.194. The third-order valence-corrected chi connectivity index (χ3v) is 7.07. The van der Waals surface area contributed by atoms with E-state index in [1.54, 1.807) is 0 Å². The number of anilines is 3. The van der Waals surface area contributed by atoms with Crippen molar-refractivity contribution in [2.45, 2.75) is 0 Å². The van der Waals surface area contributed by atoms with Gasteiger partial charge in [0.25, 0.3) is 0 Å². The van der Waals surface area contributed by atoms with Gasteiger partial charge in [-0.2, -0.15) is 0 Å². The largest absolute Gasteiger partial charge is 0.456 e. The standard InChI is InChI=1S/C18H13NO.C12H7BrO.C6H7N/c1-2-6-13(7-3-1)19-14-10-11-16-15-8-4-5-9-17(15)20-18(16)12-14;13-8-5-6-10-9-3-1-2-4-11(9)14-12(10)7-8;7-6-4-2-1-3-5-6/h1-12,19H;1-7H;1-5H,7H2. The summed E-state index contributed by atoms with van der Waals surface area (Å²) >= 11 is 3.43. The van der Waals surface area contributed by atoms with Crippen LogP contribution in [0.4, 0.5) is 17.1 Å². The first kappa shape index (κ1) is 26.2. The second-order valence-corrected chi connectivity index (χ2v) is 10.4. The zero-order chi connectivity index (χ0) is 28.0. The topological polar surface area (TPSA) is 64.3 Å². The molecule has 0 radical (unpaired) electrons. The zero-order valence-electron chi connectivity index (χ0n) is 22.1. The second kappa shape index (κ2) is 12.0. The van der Waals surface area contributed by atoms with E-state index in [4.69, 9.17) is 14.6 Å². The molecule has 0 bridgehead atoms. The van der Waals surface area contributed by atoms with Gasteiger partial charge in [-0.3, -0.25) is 0 Å². The number of halogens is 1. The van der Waals surface area contributed by atoms with Crippen LogP contribution in [0.2, 0.25) is 0 Å². The van der Waals surface area contributed by atoms with Gasteiger partial charge in [-0.15, -0.1) is 0 Å². The Morgan fingerprint density at radius 2 is 0.927 bits per heavy atom. The smallest absolute Gasteiger partial charge is 0.137 e. The highest BCUT2D eigenvalue weighted by Crippen LogP contribution is 2.32. The number of nitrogens with one attached hydrogen (secondary N) is 1. The van der Waals surface area contributed by atoms with E-state index in [1.807, 2.05) is 115 Å². The second-order valence-electron chi connectivity index (χ2n) is 9.45. The highest BCUT2D eigenvalue weighted by atomic mass is 79.9. The summed E-state index contributed by atoms with van der Waals surface area (Å²) in [6, 6.07) is 48.1. The van der Waals surface area contributed by atoms with Gasteiger partial charge in [0, 0.05) is 49.1 Å². The summed E-state index contributed by atoms with van der Waals surface area (Å²) in [4.78, 5) is 0. The number of fused-ring (bicyclic) bond motifs is 6. The van der Waals surface area contributed by atoms with Crippen molar-refractivity contribution in [2.75, 3.05) is 11.1 Å². The molecule has 0 aliphatic carbocycles. The van der Waals surface area contributed by atoms with Crippen LogP contribution in [-0.4, -0.2) is 0 Å². The molecule has 2 heterocycles. The minimum Gasteiger partial charge on any atom is -0.456 e. The first-order valence-electron chi connectivity index (χ1n) is 13.2. The molecule has 6 aromatic carbocycles. The highest BCUT2D eigenvalue weighted by Gasteiger charge is 2.07. The van der Waals surface area contributed by atoms with Crippen LogP contribution in [-0.2, 0) is 0 Å². The molecule has 8 rings (SSSR count). The summed E-state index contributed by atoms with van der Waals surface area (Å²) in [6.07, 6.45) is 0. The summed E-state index contributed by atoms with van der Waals surface area (Å²) in [5.74, 6) is 0. The molecule has 0 saturated heterocycles. The number of nitrogen functional groups attached to an aromatic ring is 1. The van der Waals surface area contributed by atoms with E-state index >= 15 is 0 Å². The molecule has 0 unspecified atom stereocenters. The molecule has 0 aliphatic rings. The molecule has 0 amide bonds. The van der Waals surface area contributed by atoms with Gasteiger partial charge in [0.05, 0.1) is 0 Å². The van der Waals surface area contributed by atoms with Crippen molar-refractivity contribution in [3.63, 3.8) is 0 Å². The Labute approximate surface area is 246 Å². The minimum atomic E-state index is 0.822. The van der Waals surface area contributed by atoms with Crippen LogP contribution in [0.15, 0.2) is 159 Å². The fraction of sp³-hybridized carbons (Fsp3) is 0. The molecule has 0 aliphatic heterocycles. The predicted octanol–water partition coefficient (Wildman–Crippen LogP) is 10.9. The number of hydrogen-bond donors (Lipinski definition) is 2. The molecule has 4 nitrogen and oxygen atoms in total. The van der Waals surface area contributed by atoms with E-state index in [9.17, 15) is 0 Å². The molecule has 2 aromatic heterocycles. The summed E-state index contributed by atoms with van der Waals surface area (Å²) < 4.78 is 12.6. The van der Waals surface area contributed by atoms with Crippen LogP contribution in [0, 0.1) is 0 Å². The van der Waals surface area contributed by atoms with Gasteiger partial charge in [-0.25, -0.2) is 0 Å². The van der Waals surface area contributed by atoms with E-state index in [-0.39, 0.29) is 0 Å². The van der Waals surface area contributed by atoms with Gasteiger partial charge < -0.3 is 19.9 Å². The van der Waals surface area contributed by atoms with Crippen LogP contribution in [0.5, 0.6) is 0 Å². The van der Waals surface area contributed by atoms with Crippen molar-refractivity contribution >= 4 is 76.9 Å². The van der Waals surface area contributed by atoms with Crippen LogP contribution in [0.25, 0.3) is 43.9 Å². The molecular formula is C36H27BrN2O2. The number of para-hydroxylation sites is 4. The summed E-state index contributed by atoms with van der Waals surface area (Å²) in [5, 5.41) is 8.04. The summed E-state index contributed by atoms with van der Waals surface area (Å²) in [6.45, 7) is 0. The van der Waals surface area contributed by atoms with Crippen molar-refractivity contribution in [1.29, 1.82) is 0 Å². The van der Waals surface area contributed by atoms with Gasteiger partial charge in [-0.05, 0) is 66.7 Å². The third kappa shape index (κ3) is 6.11. The predicted molar refractivity (Wildman–Crippen MR) is 176 cm³/mol. The first-order chi connectivity index (χ1) is 20.1. The lowest BCUT2D eigenvalue weighted by molar-refractivity contribution is 0.668. The molecule has 5 heteroatoms. The molecular weight excluding hydrogens is 572 g/mol. The molecule has 200 valence electrons. The van der Waals surface area contributed by atoms with Crippen LogP contribution >= 0.6 is 15.9 Å². The van der Waals surface area contributed by atoms with Crippen molar-refractivity contribution in [3.05, 3.63) is 150 Å². The van der Waals surface area contributed by atoms with Gasteiger partial charge >= 0.3 is 0 Å². The van der Waals surface area contributed by atoms with Crippen molar-refractivity contribution in [2.24, 2.45) is 0 Å². The number of rotatable bonds is 2.